The number of nitrogens with one attached hydrogen (secondary N) is 2. The lowest BCUT2D eigenvalue weighted by Crippen LogP contribution is -2.33. The molecule has 0 aliphatic heterocycles. The van der Waals surface area contributed by atoms with Gasteiger partial charge in [0.1, 0.15) is 6.54 Å². The van der Waals surface area contributed by atoms with Crippen LogP contribution in [0.1, 0.15) is 17.3 Å². The first kappa shape index (κ1) is 20.0. The molecule has 2 rings (SSSR count). The summed E-state index contributed by atoms with van der Waals surface area (Å²) < 4.78 is 39.2. The molecule has 9 heteroatoms. The molecule has 2 aromatic carbocycles. The zero-order chi connectivity index (χ0) is 20.0. The second kappa shape index (κ2) is 8.35. The summed E-state index contributed by atoms with van der Waals surface area (Å²) in [5.41, 5.74) is 1.42. The summed E-state index contributed by atoms with van der Waals surface area (Å²) in [5, 5.41) is 4.60. The van der Waals surface area contributed by atoms with E-state index in [1.165, 1.54) is 13.0 Å². The van der Waals surface area contributed by atoms with E-state index in [4.69, 9.17) is 0 Å². The number of rotatable bonds is 5. The molecule has 0 fully saturated rings. The van der Waals surface area contributed by atoms with Crippen molar-refractivity contribution in [1.29, 1.82) is 0 Å². The van der Waals surface area contributed by atoms with Crippen LogP contribution in [0.4, 0.5) is 18.9 Å². The lowest BCUT2D eigenvalue weighted by Gasteiger charge is -2.15. The number of carbonyl (C=O) groups excluding carboxylic acids is 3. The van der Waals surface area contributed by atoms with E-state index in [1.54, 1.807) is 42.5 Å². The van der Waals surface area contributed by atoms with Gasteiger partial charge >= 0.3 is 12.3 Å². The van der Waals surface area contributed by atoms with Crippen molar-refractivity contribution in [2.45, 2.75) is 13.3 Å². The van der Waals surface area contributed by atoms with Gasteiger partial charge in [-0.25, -0.2) is 4.79 Å². The minimum absolute atomic E-state index is 0.00800. The maximum atomic E-state index is 12.3. The first-order valence-electron chi connectivity index (χ1n) is 7.70. The Morgan fingerprint density at radius 3 is 2.26 bits per heavy atom. The van der Waals surface area contributed by atoms with Crippen molar-refractivity contribution in [3.05, 3.63) is 54.1 Å². The minimum Gasteiger partial charge on any atom is -0.372 e. The molecule has 0 spiro atoms. The van der Waals surface area contributed by atoms with Gasteiger partial charge in [-0.1, -0.05) is 42.5 Å². The Morgan fingerprint density at radius 1 is 1.00 bits per heavy atom. The number of carbonyl (C=O) groups is 3. The van der Waals surface area contributed by atoms with Gasteiger partial charge in [0, 0.05) is 12.5 Å². The summed E-state index contributed by atoms with van der Waals surface area (Å²) in [7, 11) is 0. The van der Waals surface area contributed by atoms with Crippen LogP contribution in [0.15, 0.2) is 48.5 Å². The lowest BCUT2D eigenvalue weighted by atomic mass is 9.99. The molecular weight excluding hydrogens is 365 g/mol. The standard InChI is InChI=1S/C18H15F3N2O4/c1-11(24)23-16-13(12-6-3-2-4-7-12)8-5-9-14(16)17(26)22-10-15(25)27-18(19,20)21/h2-9H,10H2,1H3,(H,22,26)(H,23,24). The van der Waals surface area contributed by atoms with E-state index >= 15 is 0 Å². The van der Waals surface area contributed by atoms with Gasteiger partial charge in [0.2, 0.25) is 5.91 Å². The molecule has 0 aromatic heterocycles. The van der Waals surface area contributed by atoms with Crippen molar-refractivity contribution in [3.8, 4) is 11.1 Å². The SMILES string of the molecule is CC(=O)Nc1c(C(=O)NCC(=O)OC(F)(F)F)cccc1-c1ccccc1. The average molecular weight is 380 g/mol. The Balaban J connectivity index is 2.29. The lowest BCUT2D eigenvalue weighted by molar-refractivity contribution is -0.305. The summed E-state index contributed by atoms with van der Waals surface area (Å²) in [4.78, 5) is 35.0. The van der Waals surface area contributed by atoms with Crippen LogP contribution in [0.25, 0.3) is 11.1 Å². The molecule has 0 saturated carbocycles. The number of ether oxygens (including phenoxy) is 1. The fourth-order valence-electron chi connectivity index (χ4n) is 2.32. The number of hydrogen-bond donors (Lipinski definition) is 2. The Labute approximate surface area is 152 Å². The van der Waals surface area contributed by atoms with Crippen LogP contribution < -0.4 is 10.6 Å². The number of halogens is 3. The normalized spacial score (nSPS) is 10.8. The molecule has 0 unspecified atom stereocenters. The number of anilines is 1. The highest BCUT2D eigenvalue weighted by Crippen LogP contribution is 2.31. The molecule has 0 radical (unpaired) electrons. The highest BCUT2D eigenvalue weighted by molar-refractivity contribution is 6.07. The smallest absolute Gasteiger partial charge is 0.372 e. The maximum Gasteiger partial charge on any atom is 0.575 e. The summed E-state index contributed by atoms with van der Waals surface area (Å²) in [6, 6.07) is 13.5. The fourth-order valence-corrected chi connectivity index (χ4v) is 2.32. The van der Waals surface area contributed by atoms with Crippen LogP contribution in [0.3, 0.4) is 0 Å². The number of para-hydroxylation sites is 1. The zero-order valence-corrected chi connectivity index (χ0v) is 14.1. The molecule has 0 aliphatic carbocycles. The third kappa shape index (κ3) is 5.84. The maximum absolute atomic E-state index is 12.3. The topological polar surface area (TPSA) is 84.5 Å². The zero-order valence-electron chi connectivity index (χ0n) is 14.1. The predicted octanol–water partition coefficient (Wildman–Crippen LogP) is 3.10. The predicted molar refractivity (Wildman–Crippen MR) is 90.7 cm³/mol. The second-order valence-electron chi connectivity index (χ2n) is 5.38. The van der Waals surface area contributed by atoms with Crippen molar-refractivity contribution < 1.29 is 32.3 Å². The highest BCUT2D eigenvalue weighted by atomic mass is 19.4. The first-order valence-corrected chi connectivity index (χ1v) is 7.70. The van der Waals surface area contributed by atoms with E-state index in [1.807, 2.05) is 5.32 Å². The molecule has 2 amide bonds. The molecule has 0 saturated heterocycles. The van der Waals surface area contributed by atoms with Crippen LogP contribution in [-0.2, 0) is 14.3 Å². The largest absolute Gasteiger partial charge is 0.575 e. The van der Waals surface area contributed by atoms with Crippen molar-refractivity contribution in [1.82, 2.24) is 5.32 Å². The first-order chi connectivity index (χ1) is 12.7. The van der Waals surface area contributed by atoms with E-state index in [2.05, 4.69) is 10.1 Å². The Kier molecular flexibility index (Phi) is 6.17. The van der Waals surface area contributed by atoms with Crippen LogP contribution in [0.5, 0.6) is 0 Å². The van der Waals surface area contributed by atoms with E-state index in [0.717, 1.165) is 0 Å². The van der Waals surface area contributed by atoms with Crippen LogP contribution in [0.2, 0.25) is 0 Å². The fraction of sp³-hybridized carbons (Fsp3) is 0.167. The van der Waals surface area contributed by atoms with Crippen molar-refractivity contribution >= 4 is 23.5 Å². The number of benzene rings is 2. The van der Waals surface area contributed by atoms with E-state index < -0.39 is 30.7 Å². The molecule has 6 nitrogen and oxygen atoms in total. The molecule has 2 N–H and O–H groups in total. The van der Waals surface area contributed by atoms with E-state index in [-0.39, 0.29) is 11.3 Å². The number of esters is 1. The van der Waals surface area contributed by atoms with Gasteiger partial charge in [-0.05, 0) is 11.6 Å². The van der Waals surface area contributed by atoms with Crippen LogP contribution >= 0.6 is 0 Å². The van der Waals surface area contributed by atoms with Crippen LogP contribution in [0, 0.1) is 0 Å². The highest BCUT2D eigenvalue weighted by Gasteiger charge is 2.34. The quantitative estimate of drug-likeness (QED) is 0.781. The average Bonchev–Trinajstić information content (AvgIpc) is 2.58. The molecule has 0 aliphatic rings. The molecule has 0 bridgehead atoms. The molecule has 0 atom stereocenters. The van der Waals surface area contributed by atoms with E-state index in [9.17, 15) is 27.6 Å². The number of hydrogen-bond acceptors (Lipinski definition) is 4. The van der Waals surface area contributed by atoms with Gasteiger partial charge in [0.15, 0.2) is 0 Å². The van der Waals surface area contributed by atoms with Gasteiger partial charge < -0.3 is 15.4 Å². The minimum atomic E-state index is -5.13. The number of alkyl halides is 3. The van der Waals surface area contributed by atoms with Crippen molar-refractivity contribution in [2.75, 3.05) is 11.9 Å². The Bertz CT molecular complexity index is 851. The van der Waals surface area contributed by atoms with Gasteiger partial charge in [0.25, 0.3) is 5.91 Å². The molecule has 27 heavy (non-hydrogen) atoms. The molecule has 2 aromatic rings. The summed E-state index contributed by atoms with van der Waals surface area (Å²) in [6.45, 7) is 0.275. The monoisotopic (exact) mass is 380 g/mol. The third-order valence-electron chi connectivity index (χ3n) is 3.32. The van der Waals surface area contributed by atoms with Gasteiger partial charge in [-0.15, -0.1) is 13.2 Å². The van der Waals surface area contributed by atoms with Crippen molar-refractivity contribution in [3.63, 3.8) is 0 Å². The summed E-state index contributed by atoms with van der Waals surface area (Å²) in [5.74, 6) is -2.93. The van der Waals surface area contributed by atoms with Crippen molar-refractivity contribution in [2.24, 2.45) is 0 Å². The third-order valence-corrected chi connectivity index (χ3v) is 3.32. The summed E-state index contributed by atoms with van der Waals surface area (Å²) >= 11 is 0. The Hall–Kier alpha value is -3.36. The second-order valence-corrected chi connectivity index (χ2v) is 5.38. The number of amides is 2. The molecule has 142 valence electrons. The summed E-state index contributed by atoms with van der Waals surface area (Å²) in [6.07, 6.45) is -5.13. The molecule has 0 heterocycles. The van der Waals surface area contributed by atoms with Gasteiger partial charge in [0.05, 0.1) is 11.3 Å². The van der Waals surface area contributed by atoms with Gasteiger partial charge in [-0.3, -0.25) is 9.59 Å². The van der Waals surface area contributed by atoms with E-state index in [0.29, 0.717) is 11.1 Å². The molecular formula is C18H15F3N2O4. The Morgan fingerprint density at radius 2 is 1.67 bits per heavy atom. The van der Waals surface area contributed by atoms with Crippen LogP contribution in [-0.4, -0.2) is 30.7 Å². The van der Waals surface area contributed by atoms with Gasteiger partial charge in [-0.2, -0.15) is 0 Å².